The highest BCUT2D eigenvalue weighted by Crippen LogP contribution is 2.14. The van der Waals surface area contributed by atoms with Gasteiger partial charge < -0.3 is 36.1 Å². The van der Waals surface area contributed by atoms with E-state index < -0.39 is 66.3 Å². The number of carbonyl (C=O) groups excluding carboxylic acids is 6. The molecule has 0 heterocycles. The summed E-state index contributed by atoms with van der Waals surface area (Å²) in [5.74, 6) is -2.70. The van der Waals surface area contributed by atoms with Crippen LogP contribution >= 0.6 is 0 Å². The molecule has 13 heteroatoms. The summed E-state index contributed by atoms with van der Waals surface area (Å²) in [4.78, 5) is 76.6. The van der Waals surface area contributed by atoms with Gasteiger partial charge in [-0.2, -0.15) is 0 Å². The van der Waals surface area contributed by atoms with Crippen molar-refractivity contribution in [3.8, 4) is 5.75 Å². The molecule has 0 aliphatic heterocycles. The largest absolute Gasteiger partial charge is 0.461 e. The van der Waals surface area contributed by atoms with E-state index in [0.717, 1.165) is 17.5 Å². The fourth-order valence-corrected chi connectivity index (χ4v) is 4.95. The fourth-order valence-electron chi connectivity index (χ4n) is 4.95. The first kappa shape index (κ1) is 41.4. The summed E-state index contributed by atoms with van der Waals surface area (Å²) in [5.41, 5.74) is 1.60. The minimum absolute atomic E-state index is 0.0813. The minimum atomic E-state index is -1.05. The van der Waals surface area contributed by atoms with Gasteiger partial charge in [-0.05, 0) is 75.8 Å². The van der Waals surface area contributed by atoms with Crippen LogP contribution in [-0.2, 0) is 46.3 Å². The highest BCUT2D eigenvalue weighted by atomic mass is 16.5. The molecule has 2 aromatic carbocycles. The monoisotopic (exact) mass is 695 g/mol. The zero-order valence-electron chi connectivity index (χ0n) is 30.2. The van der Waals surface area contributed by atoms with Crippen LogP contribution in [0.5, 0.6) is 5.75 Å². The molecule has 274 valence electrons. The lowest BCUT2D eigenvalue weighted by Crippen LogP contribution is -2.55. The van der Waals surface area contributed by atoms with E-state index in [9.17, 15) is 28.8 Å². The maximum atomic E-state index is 13.5. The Morgan fingerprint density at radius 1 is 0.700 bits per heavy atom. The Balaban J connectivity index is 2.04. The number of ether oxygens (including phenoxy) is 2. The lowest BCUT2D eigenvalue weighted by Gasteiger charge is -2.25. The molecule has 0 aliphatic rings. The second-order valence-corrected chi connectivity index (χ2v) is 12.9. The Kier molecular flexibility index (Phi) is 17.7. The molecule has 4 amide bonds. The second kappa shape index (κ2) is 21.3. The average Bonchev–Trinajstić information content (AvgIpc) is 3.05. The Labute approximate surface area is 295 Å². The summed E-state index contributed by atoms with van der Waals surface area (Å²) in [5, 5.41) is 13.8. The van der Waals surface area contributed by atoms with Gasteiger partial charge in [-0.1, -0.05) is 63.2 Å². The van der Waals surface area contributed by atoms with E-state index in [1.807, 2.05) is 51.1 Å². The highest BCUT2D eigenvalue weighted by molar-refractivity contribution is 5.94. The normalized spacial score (nSPS) is 13.4. The van der Waals surface area contributed by atoms with Gasteiger partial charge in [0.05, 0.1) is 18.7 Å². The molecule has 4 unspecified atom stereocenters. The van der Waals surface area contributed by atoms with E-state index in [2.05, 4.69) is 26.6 Å². The Hall–Kier alpha value is -4.78. The molecule has 5 N–H and O–H groups in total. The molecule has 0 saturated carbocycles. The van der Waals surface area contributed by atoms with E-state index in [1.54, 1.807) is 38.1 Å². The Morgan fingerprint density at radius 2 is 1.30 bits per heavy atom. The van der Waals surface area contributed by atoms with Crippen LogP contribution < -0.4 is 31.3 Å². The standard InChI is InChI=1S/C37H53N5O8/c1-8-18-38-30(20-28-14-16-29(17-15-28)50-26(7)43)35(46)40-25(6)34(45)39-22-33(44)41-31(21-27-12-10-9-11-13-27)36(47)42-32(19-23(2)3)37(48)49-24(4)5/h9-17,23-25,30-32,38H,8,18-22H2,1-7H3,(H,39,45)(H,40,46)(H,41,44)(H,42,47). The number of carbonyl (C=O) groups is 6. The van der Waals surface area contributed by atoms with Gasteiger partial charge in [-0.25, -0.2) is 4.79 Å². The highest BCUT2D eigenvalue weighted by Gasteiger charge is 2.29. The first-order valence-electron chi connectivity index (χ1n) is 17.1. The predicted octanol–water partition coefficient (Wildman–Crippen LogP) is 2.35. The average molecular weight is 696 g/mol. The molecule has 0 aliphatic carbocycles. The Morgan fingerprint density at radius 3 is 1.88 bits per heavy atom. The number of esters is 2. The van der Waals surface area contributed by atoms with Crippen LogP contribution in [0.25, 0.3) is 0 Å². The van der Waals surface area contributed by atoms with E-state index >= 15 is 0 Å². The number of hydrogen-bond acceptors (Lipinski definition) is 9. The maximum absolute atomic E-state index is 13.5. The van der Waals surface area contributed by atoms with Crippen LogP contribution in [0.15, 0.2) is 54.6 Å². The quantitative estimate of drug-likeness (QED) is 0.103. The van der Waals surface area contributed by atoms with Crippen LogP contribution in [0, 0.1) is 5.92 Å². The molecule has 2 aromatic rings. The van der Waals surface area contributed by atoms with Gasteiger partial charge in [-0.15, -0.1) is 0 Å². The minimum Gasteiger partial charge on any atom is -0.461 e. The van der Waals surface area contributed by atoms with Crippen LogP contribution in [0.3, 0.4) is 0 Å². The van der Waals surface area contributed by atoms with E-state index in [0.29, 0.717) is 25.1 Å². The van der Waals surface area contributed by atoms with Crippen LogP contribution in [0.1, 0.15) is 72.4 Å². The fraction of sp³-hybridized carbons (Fsp3) is 0.514. The smallest absolute Gasteiger partial charge is 0.328 e. The number of benzene rings is 2. The first-order valence-corrected chi connectivity index (χ1v) is 17.1. The number of rotatable bonds is 20. The van der Waals surface area contributed by atoms with Crippen molar-refractivity contribution in [3.63, 3.8) is 0 Å². The summed E-state index contributed by atoms with van der Waals surface area (Å²) in [6, 6.07) is 12.3. The molecule has 2 rings (SSSR count). The third kappa shape index (κ3) is 15.6. The zero-order chi connectivity index (χ0) is 37.2. The lowest BCUT2D eigenvalue weighted by molar-refractivity contribution is -0.152. The summed E-state index contributed by atoms with van der Waals surface area (Å²) < 4.78 is 10.4. The summed E-state index contributed by atoms with van der Waals surface area (Å²) in [7, 11) is 0. The van der Waals surface area contributed by atoms with Gasteiger partial charge in [0.1, 0.15) is 23.9 Å². The zero-order valence-corrected chi connectivity index (χ0v) is 30.2. The maximum Gasteiger partial charge on any atom is 0.328 e. The van der Waals surface area contributed by atoms with E-state index in [1.165, 1.54) is 13.8 Å². The number of nitrogens with one attached hydrogen (secondary N) is 5. The van der Waals surface area contributed by atoms with E-state index in [4.69, 9.17) is 9.47 Å². The van der Waals surface area contributed by atoms with Crippen molar-refractivity contribution in [2.45, 2.75) is 104 Å². The van der Waals surface area contributed by atoms with Crippen LogP contribution in [0.4, 0.5) is 0 Å². The molecule has 0 aromatic heterocycles. The summed E-state index contributed by atoms with van der Waals surface area (Å²) in [6.07, 6.45) is 1.23. The topological polar surface area (TPSA) is 181 Å². The van der Waals surface area contributed by atoms with Crippen molar-refractivity contribution in [2.24, 2.45) is 5.92 Å². The third-order valence-electron chi connectivity index (χ3n) is 7.35. The second-order valence-electron chi connectivity index (χ2n) is 12.9. The number of hydrogen-bond donors (Lipinski definition) is 5. The van der Waals surface area contributed by atoms with Gasteiger partial charge in [0.15, 0.2) is 0 Å². The molecular weight excluding hydrogens is 642 g/mol. The molecule has 4 atom stereocenters. The molecular formula is C37H53N5O8. The number of amides is 4. The van der Waals surface area contributed by atoms with Crippen molar-refractivity contribution in [1.82, 2.24) is 26.6 Å². The van der Waals surface area contributed by atoms with Crippen molar-refractivity contribution in [3.05, 3.63) is 65.7 Å². The van der Waals surface area contributed by atoms with E-state index in [-0.39, 0.29) is 18.4 Å². The Bertz CT molecular complexity index is 1410. The molecule has 50 heavy (non-hydrogen) atoms. The van der Waals surface area contributed by atoms with Crippen LogP contribution in [-0.4, -0.2) is 78.9 Å². The van der Waals surface area contributed by atoms with Gasteiger partial charge >= 0.3 is 11.9 Å². The lowest BCUT2D eigenvalue weighted by atomic mass is 10.0. The molecule has 0 spiro atoms. The molecule has 0 fully saturated rings. The molecule has 0 bridgehead atoms. The van der Waals surface area contributed by atoms with Crippen molar-refractivity contribution in [1.29, 1.82) is 0 Å². The molecule has 13 nitrogen and oxygen atoms in total. The van der Waals surface area contributed by atoms with Gasteiger partial charge in [-0.3, -0.25) is 24.0 Å². The summed E-state index contributed by atoms with van der Waals surface area (Å²) in [6.45, 7) is 12.2. The molecule has 0 saturated heterocycles. The first-order chi connectivity index (χ1) is 23.7. The van der Waals surface area contributed by atoms with Crippen molar-refractivity contribution < 1.29 is 38.2 Å². The van der Waals surface area contributed by atoms with Gasteiger partial charge in [0.2, 0.25) is 23.6 Å². The molecule has 0 radical (unpaired) electrons. The SMILES string of the molecule is CCCNC(Cc1ccc(OC(C)=O)cc1)C(=O)NC(C)C(=O)NCC(=O)NC(Cc1ccccc1)C(=O)NC(CC(C)C)C(=O)OC(C)C. The third-order valence-corrected chi connectivity index (χ3v) is 7.35. The van der Waals surface area contributed by atoms with Gasteiger partial charge in [0.25, 0.3) is 0 Å². The van der Waals surface area contributed by atoms with Gasteiger partial charge in [0, 0.05) is 13.3 Å². The van der Waals surface area contributed by atoms with Crippen molar-refractivity contribution >= 4 is 35.6 Å². The summed E-state index contributed by atoms with van der Waals surface area (Å²) >= 11 is 0. The van der Waals surface area contributed by atoms with Crippen LogP contribution in [0.2, 0.25) is 0 Å². The van der Waals surface area contributed by atoms with Crippen molar-refractivity contribution in [2.75, 3.05) is 13.1 Å². The predicted molar refractivity (Wildman–Crippen MR) is 189 cm³/mol.